The highest BCUT2D eigenvalue weighted by Gasteiger charge is 2.70. The van der Waals surface area contributed by atoms with Crippen molar-refractivity contribution in [2.45, 2.75) is 51.4 Å². The van der Waals surface area contributed by atoms with Crippen molar-refractivity contribution in [2.24, 2.45) is 29.1 Å². The first-order valence-electron chi connectivity index (χ1n) is 7.44. The van der Waals surface area contributed by atoms with Crippen molar-refractivity contribution < 1.29 is 24.9 Å². The number of carbonyl (C=O) groups excluding carboxylic acids is 1. The van der Waals surface area contributed by atoms with Gasteiger partial charge in [0.1, 0.15) is 6.10 Å². The maximum atomic E-state index is 12.2. The molecule has 0 radical (unpaired) electrons. The third-order valence-corrected chi connectivity index (χ3v) is 6.19. The smallest absolute Gasteiger partial charge is 0.310 e. The molecular weight excluding hydrogens is 260 g/mol. The number of fused-ring (bicyclic) bond motifs is 4. The minimum atomic E-state index is -1.07. The fourth-order valence-electron chi connectivity index (χ4n) is 5.13. The molecule has 2 aliphatic carbocycles. The molecule has 5 heteroatoms. The standard InChI is InChI=1S/C15H24O5/c1-14(2,19)10-9-8-5-4-7(6-16)15(8,3)12(17)11(10)20-13(9)18/h7-12,16-17,19H,4-6H2,1-3H3/t7-,8-,9+,10-,11+,12+,15+/m0/s1. The van der Waals surface area contributed by atoms with Crippen LogP contribution >= 0.6 is 0 Å². The Balaban J connectivity index is 2.06. The number of ether oxygens (including phenoxy) is 1. The van der Waals surface area contributed by atoms with E-state index in [1.807, 2.05) is 6.92 Å². The van der Waals surface area contributed by atoms with Gasteiger partial charge in [-0.05, 0) is 38.5 Å². The number of rotatable bonds is 2. The Morgan fingerprint density at radius 1 is 1.40 bits per heavy atom. The zero-order valence-corrected chi connectivity index (χ0v) is 12.2. The van der Waals surface area contributed by atoms with E-state index < -0.39 is 23.2 Å². The van der Waals surface area contributed by atoms with E-state index >= 15 is 0 Å². The summed E-state index contributed by atoms with van der Waals surface area (Å²) in [5.41, 5.74) is -1.57. The maximum Gasteiger partial charge on any atom is 0.310 e. The molecule has 3 aliphatic rings. The highest BCUT2D eigenvalue weighted by atomic mass is 16.6. The van der Waals surface area contributed by atoms with Gasteiger partial charge in [0.25, 0.3) is 0 Å². The van der Waals surface area contributed by atoms with Crippen molar-refractivity contribution in [1.82, 2.24) is 0 Å². The van der Waals surface area contributed by atoms with Gasteiger partial charge in [-0.25, -0.2) is 0 Å². The monoisotopic (exact) mass is 284 g/mol. The summed E-state index contributed by atoms with van der Waals surface area (Å²) in [6, 6.07) is 0. The Labute approximate surface area is 118 Å². The quantitative estimate of drug-likeness (QED) is 0.636. The zero-order chi connectivity index (χ0) is 14.9. The van der Waals surface area contributed by atoms with Gasteiger partial charge >= 0.3 is 5.97 Å². The molecule has 0 aromatic rings. The van der Waals surface area contributed by atoms with Crippen molar-refractivity contribution in [3.8, 4) is 0 Å². The fraction of sp³-hybridized carbons (Fsp3) is 0.933. The third-order valence-electron chi connectivity index (χ3n) is 6.19. The van der Waals surface area contributed by atoms with Crippen LogP contribution in [0.15, 0.2) is 0 Å². The highest BCUT2D eigenvalue weighted by molar-refractivity contribution is 5.77. The lowest BCUT2D eigenvalue weighted by Crippen LogP contribution is -2.60. The minimum absolute atomic E-state index is 0.00949. The predicted octanol–water partition coefficient (Wildman–Crippen LogP) is 0.314. The molecule has 5 nitrogen and oxygen atoms in total. The van der Waals surface area contributed by atoms with E-state index in [2.05, 4.69) is 0 Å². The van der Waals surface area contributed by atoms with Gasteiger partial charge in [0, 0.05) is 17.9 Å². The van der Waals surface area contributed by atoms with E-state index in [1.165, 1.54) is 0 Å². The molecule has 0 spiro atoms. The highest BCUT2D eigenvalue weighted by Crippen LogP contribution is 2.63. The van der Waals surface area contributed by atoms with Crippen LogP contribution in [-0.2, 0) is 9.53 Å². The van der Waals surface area contributed by atoms with Crippen LogP contribution in [0, 0.1) is 29.1 Å². The average molecular weight is 284 g/mol. The van der Waals surface area contributed by atoms with E-state index in [1.54, 1.807) is 13.8 Å². The summed E-state index contributed by atoms with van der Waals surface area (Å²) in [6.45, 7) is 5.32. The summed E-state index contributed by atoms with van der Waals surface area (Å²) in [4.78, 5) is 12.2. The molecular formula is C15H24O5. The van der Waals surface area contributed by atoms with E-state index in [0.29, 0.717) is 0 Å². The zero-order valence-electron chi connectivity index (χ0n) is 12.2. The first-order chi connectivity index (χ1) is 9.22. The lowest BCUT2D eigenvalue weighted by Gasteiger charge is -2.51. The van der Waals surface area contributed by atoms with Crippen LogP contribution in [0.4, 0.5) is 0 Å². The topological polar surface area (TPSA) is 87.0 Å². The molecule has 3 N–H and O–H groups in total. The molecule has 3 rings (SSSR count). The largest absolute Gasteiger partial charge is 0.459 e. The van der Waals surface area contributed by atoms with Crippen molar-refractivity contribution in [3.63, 3.8) is 0 Å². The summed E-state index contributed by atoms with van der Waals surface area (Å²) in [7, 11) is 0. The molecule has 114 valence electrons. The summed E-state index contributed by atoms with van der Waals surface area (Å²) in [6.07, 6.45) is 0.106. The van der Waals surface area contributed by atoms with Crippen LogP contribution in [0.25, 0.3) is 0 Å². The third kappa shape index (κ3) is 1.57. The minimum Gasteiger partial charge on any atom is -0.459 e. The second kappa shape index (κ2) is 4.18. The maximum absolute atomic E-state index is 12.2. The number of hydrogen-bond acceptors (Lipinski definition) is 5. The summed E-state index contributed by atoms with van der Waals surface area (Å²) < 4.78 is 5.40. The Kier molecular flexibility index (Phi) is 2.99. The second-order valence-electron chi connectivity index (χ2n) is 7.48. The van der Waals surface area contributed by atoms with Crippen LogP contribution in [0.1, 0.15) is 33.6 Å². The molecule has 1 heterocycles. The lowest BCUT2D eigenvalue weighted by molar-refractivity contribution is -0.170. The summed E-state index contributed by atoms with van der Waals surface area (Å²) >= 11 is 0. The number of esters is 1. The fourth-order valence-corrected chi connectivity index (χ4v) is 5.13. The molecule has 20 heavy (non-hydrogen) atoms. The SMILES string of the molecule is CC(C)(O)[C@@H]1[C@H]2OC(=O)[C@@H]1[C@@H]1CC[C@@H](CO)[C@@]1(C)[C@@H]2O. The predicted molar refractivity (Wildman–Crippen MR) is 70.6 cm³/mol. The van der Waals surface area contributed by atoms with Gasteiger partial charge in [-0.2, -0.15) is 0 Å². The molecule has 7 atom stereocenters. The van der Waals surface area contributed by atoms with Crippen LogP contribution in [0.2, 0.25) is 0 Å². The lowest BCUT2D eigenvalue weighted by atomic mass is 9.54. The van der Waals surface area contributed by atoms with Gasteiger partial charge in [-0.15, -0.1) is 0 Å². The Hall–Kier alpha value is -0.650. The van der Waals surface area contributed by atoms with Crippen molar-refractivity contribution in [2.75, 3.05) is 6.61 Å². The van der Waals surface area contributed by atoms with Crippen LogP contribution in [0.5, 0.6) is 0 Å². The van der Waals surface area contributed by atoms with Gasteiger partial charge in [0.2, 0.25) is 0 Å². The van der Waals surface area contributed by atoms with Crippen LogP contribution in [-0.4, -0.2) is 45.7 Å². The van der Waals surface area contributed by atoms with E-state index in [0.717, 1.165) is 12.8 Å². The van der Waals surface area contributed by atoms with Gasteiger partial charge in [-0.3, -0.25) is 4.79 Å². The van der Waals surface area contributed by atoms with E-state index in [9.17, 15) is 20.1 Å². The Morgan fingerprint density at radius 3 is 2.60 bits per heavy atom. The second-order valence-corrected chi connectivity index (χ2v) is 7.48. The summed E-state index contributed by atoms with van der Waals surface area (Å²) in [5, 5.41) is 30.8. The molecule has 0 aromatic heterocycles. The van der Waals surface area contributed by atoms with Gasteiger partial charge in [-0.1, -0.05) is 6.92 Å². The Bertz CT molecular complexity index is 428. The van der Waals surface area contributed by atoms with Crippen molar-refractivity contribution in [3.05, 3.63) is 0 Å². The number of aliphatic hydroxyl groups excluding tert-OH is 2. The van der Waals surface area contributed by atoms with Crippen molar-refractivity contribution in [1.29, 1.82) is 0 Å². The number of hydrogen-bond donors (Lipinski definition) is 3. The van der Waals surface area contributed by atoms with Gasteiger partial charge in [0.15, 0.2) is 0 Å². The Morgan fingerprint density at radius 2 is 2.05 bits per heavy atom. The van der Waals surface area contributed by atoms with Gasteiger partial charge in [0.05, 0.1) is 17.6 Å². The van der Waals surface area contributed by atoms with E-state index in [-0.39, 0.29) is 36.2 Å². The van der Waals surface area contributed by atoms with Gasteiger partial charge < -0.3 is 20.1 Å². The van der Waals surface area contributed by atoms with Crippen molar-refractivity contribution >= 4 is 5.97 Å². The molecule has 1 aliphatic heterocycles. The summed E-state index contributed by atoms with van der Waals surface area (Å²) in [5.74, 6) is -1.08. The average Bonchev–Trinajstić information content (AvgIpc) is 2.83. The van der Waals surface area contributed by atoms with E-state index in [4.69, 9.17) is 4.74 Å². The molecule has 2 bridgehead atoms. The first-order valence-corrected chi connectivity index (χ1v) is 7.44. The number of aliphatic hydroxyl groups is 3. The molecule has 0 amide bonds. The first kappa shape index (κ1) is 14.3. The normalized spacial score (nSPS) is 51.0. The molecule has 2 saturated carbocycles. The van der Waals surface area contributed by atoms with Crippen LogP contribution in [0.3, 0.4) is 0 Å². The number of carbonyl (C=O) groups is 1. The molecule has 0 unspecified atom stereocenters. The van der Waals surface area contributed by atoms with Crippen LogP contribution < -0.4 is 0 Å². The molecule has 1 saturated heterocycles. The molecule has 3 fully saturated rings. The molecule has 0 aromatic carbocycles.